The minimum absolute atomic E-state index is 0.0817. The van der Waals surface area contributed by atoms with E-state index in [1.165, 1.54) is 0 Å². The van der Waals surface area contributed by atoms with Crippen LogP contribution < -0.4 is 20.3 Å². The number of carbonyl (C=O) groups excluding carboxylic acids is 1. The molecule has 0 bridgehead atoms. The van der Waals surface area contributed by atoms with Gasteiger partial charge in [-0.1, -0.05) is 37.6 Å². The first-order chi connectivity index (χ1) is 15.6. The summed E-state index contributed by atoms with van der Waals surface area (Å²) < 4.78 is 11.5. The number of para-hydroxylation sites is 1. The van der Waals surface area contributed by atoms with Crippen LogP contribution in [0.1, 0.15) is 43.0 Å². The number of hydrogen-bond donors (Lipinski definition) is 4. The normalized spacial score (nSPS) is 24.6. The number of likely N-dealkylation sites (tertiary alicyclic amines) is 1. The number of aromatic hydroxyl groups is 1. The highest BCUT2D eigenvalue weighted by molar-refractivity contribution is 5.86. The van der Waals surface area contributed by atoms with Crippen molar-refractivity contribution >= 4 is 5.91 Å². The number of rotatable bonds is 9. The second kappa shape index (κ2) is 9.77. The van der Waals surface area contributed by atoms with E-state index in [0.717, 1.165) is 24.0 Å². The molecular weight excluding hydrogens is 410 g/mol. The predicted octanol–water partition coefficient (Wildman–Crippen LogP) is 2.29. The molecule has 2 aromatic carbocycles. The number of ether oxygens (including phenoxy) is 2. The maximum absolute atomic E-state index is 13.2. The van der Waals surface area contributed by atoms with Crippen LogP contribution in [0.15, 0.2) is 42.5 Å². The SMILES string of the molecule is CCCCOc1ccc(C2C3C(NNC3c3ccccc3O)C(=O)N2CCO)cc1OC. The minimum Gasteiger partial charge on any atom is -0.508 e. The van der Waals surface area contributed by atoms with E-state index in [-0.39, 0.29) is 42.8 Å². The number of hydrogen-bond acceptors (Lipinski definition) is 7. The molecule has 0 aliphatic carbocycles. The van der Waals surface area contributed by atoms with Gasteiger partial charge in [-0.05, 0) is 30.2 Å². The lowest BCUT2D eigenvalue weighted by atomic mass is 9.83. The van der Waals surface area contributed by atoms with Gasteiger partial charge < -0.3 is 24.6 Å². The Balaban J connectivity index is 1.72. The lowest BCUT2D eigenvalue weighted by Crippen LogP contribution is -2.42. The lowest BCUT2D eigenvalue weighted by Gasteiger charge is -2.31. The third-order valence-electron chi connectivity index (χ3n) is 6.31. The number of aliphatic hydroxyl groups is 1. The molecule has 32 heavy (non-hydrogen) atoms. The van der Waals surface area contributed by atoms with E-state index in [2.05, 4.69) is 17.8 Å². The molecule has 2 aliphatic rings. The van der Waals surface area contributed by atoms with Crippen molar-refractivity contribution < 1.29 is 24.5 Å². The van der Waals surface area contributed by atoms with Crippen LogP contribution in [0.5, 0.6) is 17.2 Å². The number of phenols is 1. The van der Waals surface area contributed by atoms with Crippen LogP contribution in [0.3, 0.4) is 0 Å². The zero-order valence-corrected chi connectivity index (χ0v) is 18.5. The van der Waals surface area contributed by atoms with E-state index in [1.807, 2.05) is 30.3 Å². The first-order valence-corrected chi connectivity index (χ1v) is 11.1. The number of phenolic OH excluding ortho intramolecular Hbond substituents is 1. The van der Waals surface area contributed by atoms with Gasteiger partial charge in [0, 0.05) is 18.0 Å². The molecule has 0 spiro atoms. The van der Waals surface area contributed by atoms with Crippen LogP contribution >= 0.6 is 0 Å². The van der Waals surface area contributed by atoms with Crippen molar-refractivity contribution in [2.24, 2.45) is 5.92 Å². The average molecular weight is 442 g/mol. The maximum Gasteiger partial charge on any atom is 0.242 e. The molecule has 2 aliphatic heterocycles. The summed E-state index contributed by atoms with van der Waals surface area (Å²) in [6.45, 7) is 2.81. The Bertz CT molecular complexity index is 953. The largest absolute Gasteiger partial charge is 0.508 e. The molecule has 8 nitrogen and oxygen atoms in total. The Kier molecular flexibility index (Phi) is 6.83. The van der Waals surface area contributed by atoms with Crippen LogP contribution in [0.2, 0.25) is 0 Å². The molecule has 2 heterocycles. The second-order valence-corrected chi connectivity index (χ2v) is 8.19. The smallest absolute Gasteiger partial charge is 0.242 e. The van der Waals surface area contributed by atoms with Crippen LogP contribution in [0.25, 0.3) is 0 Å². The third-order valence-corrected chi connectivity index (χ3v) is 6.31. The highest BCUT2D eigenvalue weighted by atomic mass is 16.5. The minimum atomic E-state index is -0.470. The molecule has 2 fully saturated rings. The second-order valence-electron chi connectivity index (χ2n) is 8.19. The number of β-amino-alcohol motifs (C(OH)–C–C–N with tert-alkyl or cyclic N) is 1. The monoisotopic (exact) mass is 441 g/mol. The average Bonchev–Trinajstić information content (AvgIpc) is 3.34. The fourth-order valence-electron chi connectivity index (χ4n) is 4.79. The van der Waals surface area contributed by atoms with E-state index >= 15 is 0 Å². The number of benzene rings is 2. The van der Waals surface area contributed by atoms with Gasteiger partial charge in [0.15, 0.2) is 11.5 Å². The van der Waals surface area contributed by atoms with Gasteiger partial charge in [-0.3, -0.25) is 4.79 Å². The van der Waals surface area contributed by atoms with E-state index in [4.69, 9.17) is 9.47 Å². The number of hydrazine groups is 1. The van der Waals surface area contributed by atoms with Gasteiger partial charge in [0.2, 0.25) is 5.91 Å². The lowest BCUT2D eigenvalue weighted by molar-refractivity contribution is -0.131. The highest BCUT2D eigenvalue weighted by Crippen LogP contribution is 2.49. The van der Waals surface area contributed by atoms with Crippen molar-refractivity contribution in [3.63, 3.8) is 0 Å². The van der Waals surface area contributed by atoms with Gasteiger partial charge in [-0.15, -0.1) is 0 Å². The fraction of sp³-hybridized carbons (Fsp3) is 0.458. The Hall–Kier alpha value is -2.81. The number of nitrogens with one attached hydrogen (secondary N) is 2. The third kappa shape index (κ3) is 4.01. The van der Waals surface area contributed by atoms with Gasteiger partial charge in [0.05, 0.1) is 32.4 Å². The van der Waals surface area contributed by atoms with Crippen molar-refractivity contribution in [3.8, 4) is 17.2 Å². The molecule has 0 aromatic heterocycles. The summed E-state index contributed by atoms with van der Waals surface area (Å²) in [5, 5.41) is 20.1. The zero-order valence-electron chi connectivity index (χ0n) is 18.5. The molecule has 0 saturated carbocycles. The van der Waals surface area contributed by atoms with Gasteiger partial charge in [0.1, 0.15) is 11.8 Å². The molecule has 2 aromatic rings. The van der Waals surface area contributed by atoms with Crippen LogP contribution in [-0.4, -0.2) is 53.9 Å². The van der Waals surface area contributed by atoms with Crippen LogP contribution in [0.4, 0.5) is 0 Å². The van der Waals surface area contributed by atoms with Crippen molar-refractivity contribution in [1.82, 2.24) is 15.8 Å². The van der Waals surface area contributed by atoms with E-state index < -0.39 is 6.04 Å². The predicted molar refractivity (Wildman–Crippen MR) is 119 cm³/mol. The van der Waals surface area contributed by atoms with Gasteiger partial charge in [-0.25, -0.2) is 10.9 Å². The molecule has 4 atom stereocenters. The molecule has 4 N–H and O–H groups in total. The topological polar surface area (TPSA) is 103 Å². The number of nitrogens with zero attached hydrogens (tertiary/aromatic N) is 1. The summed E-state index contributed by atoms with van der Waals surface area (Å²) in [4.78, 5) is 14.9. The molecule has 4 rings (SSSR count). The first-order valence-electron chi connectivity index (χ1n) is 11.1. The molecule has 8 heteroatoms. The summed E-state index contributed by atoms with van der Waals surface area (Å²) in [6, 6.07) is 11.8. The van der Waals surface area contributed by atoms with Crippen LogP contribution in [0, 0.1) is 5.92 Å². The molecule has 172 valence electrons. The van der Waals surface area contributed by atoms with Gasteiger partial charge >= 0.3 is 0 Å². The molecular formula is C24H31N3O5. The Morgan fingerprint density at radius 1 is 1.09 bits per heavy atom. The first kappa shape index (κ1) is 22.4. The van der Waals surface area contributed by atoms with Crippen molar-refractivity contribution in [1.29, 1.82) is 0 Å². The van der Waals surface area contributed by atoms with Gasteiger partial charge in [-0.2, -0.15) is 0 Å². The van der Waals surface area contributed by atoms with E-state index in [9.17, 15) is 15.0 Å². The Morgan fingerprint density at radius 3 is 2.59 bits per heavy atom. The quantitative estimate of drug-likeness (QED) is 0.443. The highest BCUT2D eigenvalue weighted by Gasteiger charge is 2.55. The Labute approximate surface area is 188 Å². The number of methoxy groups -OCH3 is 1. The summed E-state index contributed by atoms with van der Waals surface area (Å²) in [6.07, 6.45) is 1.99. The summed E-state index contributed by atoms with van der Waals surface area (Å²) in [5.74, 6) is 1.17. The molecule has 4 unspecified atom stereocenters. The number of fused-ring (bicyclic) bond motifs is 1. The molecule has 2 saturated heterocycles. The summed E-state index contributed by atoms with van der Waals surface area (Å²) in [7, 11) is 1.60. The fourth-order valence-corrected chi connectivity index (χ4v) is 4.79. The zero-order chi connectivity index (χ0) is 22.7. The maximum atomic E-state index is 13.2. The van der Waals surface area contributed by atoms with Crippen LogP contribution in [-0.2, 0) is 4.79 Å². The van der Waals surface area contributed by atoms with Crippen molar-refractivity contribution in [2.75, 3.05) is 26.9 Å². The Morgan fingerprint density at radius 2 is 1.88 bits per heavy atom. The standard InChI is InChI=1S/C24H31N3O5/c1-3-4-13-32-18-10-9-15(14-19(18)31-2)23-20-21(16-7-5-6-8-17(16)29)25-26-22(20)24(30)27(23)11-12-28/h5-10,14,20-23,25-26,28-29H,3-4,11-13H2,1-2H3. The summed E-state index contributed by atoms with van der Waals surface area (Å²) in [5.41, 5.74) is 7.94. The van der Waals surface area contributed by atoms with E-state index in [1.54, 1.807) is 24.1 Å². The number of amides is 1. The summed E-state index contributed by atoms with van der Waals surface area (Å²) >= 11 is 0. The molecule has 0 radical (unpaired) electrons. The van der Waals surface area contributed by atoms with Gasteiger partial charge in [0.25, 0.3) is 0 Å². The van der Waals surface area contributed by atoms with Crippen molar-refractivity contribution in [2.45, 2.75) is 37.9 Å². The number of aliphatic hydroxyl groups excluding tert-OH is 1. The number of unbranched alkanes of at least 4 members (excludes halogenated alkanes) is 1. The number of carbonyl (C=O) groups is 1. The molecule has 1 amide bonds. The van der Waals surface area contributed by atoms with E-state index in [0.29, 0.717) is 18.1 Å². The van der Waals surface area contributed by atoms with Crippen molar-refractivity contribution in [3.05, 3.63) is 53.6 Å².